The van der Waals surface area contributed by atoms with Gasteiger partial charge in [0.05, 0.1) is 7.11 Å². The molecule has 0 heterocycles. The Hall–Kier alpha value is -2.04. The third-order valence-electron chi connectivity index (χ3n) is 3.01. The van der Waals surface area contributed by atoms with Crippen molar-refractivity contribution in [1.29, 1.82) is 0 Å². The highest BCUT2D eigenvalue weighted by Gasteiger charge is 2.19. The summed E-state index contributed by atoms with van der Waals surface area (Å²) in [5.41, 5.74) is 7.25. The maximum atomic E-state index is 12.0. The number of carbonyl (C=O) groups is 1. The summed E-state index contributed by atoms with van der Waals surface area (Å²) >= 11 is 6.02. The second kappa shape index (κ2) is 7.11. The number of rotatable bonds is 5. The van der Waals surface area contributed by atoms with Crippen LogP contribution in [0, 0.1) is 0 Å². The van der Waals surface area contributed by atoms with Gasteiger partial charge in [-0.2, -0.15) is 0 Å². The topological polar surface area (TPSA) is 61.5 Å². The minimum absolute atomic E-state index is 0.133. The Labute approximate surface area is 128 Å². The zero-order chi connectivity index (χ0) is 15.2. The van der Waals surface area contributed by atoms with Crippen LogP contribution < -0.4 is 10.5 Å². The van der Waals surface area contributed by atoms with E-state index in [2.05, 4.69) is 0 Å². The van der Waals surface area contributed by atoms with Gasteiger partial charge in [0.2, 0.25) is 0 Å². The molecule has 2 N–H and O–H groups in total. The Bertz CT molecular complexity index is 630. The Balaban J connectivity index is 2.00. The summed E-state index contributed by atoms with van der Waals surface area (Å²) in [6.45, 7) is 0.133. The Kier molecular flexibility index (Phi) is 5.20. The standard InChI is InChI=1S/C16H16ClNO3/c1-20-12-6-4-5-11(9-12)10-21-16(19)15(18)13-7-2-3-8-14(13)17/h2-9,15H,10,18H2,1H3/t15-/m1/s1. The molecule has 2 aromatic rings. The summed E-state index contributed by atoms with van der Waals surface area (Å²) in [5.74, 6) is 0.185. The number of carbonyl (C=O) groups excluding carboxylic acids is 1. The first-order chi connectivity index (χ1) is 10.1. The molecule has 2 rings (SSSR count). The zero-order valence-corrected chi connectivity index (χ0v) is 12.3. The van der Waals surface area contributed by atoms with Crippen molar-refractivity contribution in [1.82, 2.24) is 0 Å². The molecule has 0 aliphatic rings. The van der Waals surface area contributed by atoms with Gasteiger partial charge in [-0.05, 0) is 29.3 Å². The van der Waals surface area contributed by atoms with Crippen LogP contribution in [0.3, 0.4) is 0 Å². The maximum Gasteiger partial charge on any atom is 0.327 e. The fourth-order valence-corrected chi connectivity index (χ4v) is 2.11. The fourth-order valence-electron chi connectivity index (χ4n) is 1.86. The summed E-state index contributed by atoms with van der Waals surface area (Å²) in [5, 5.41) is 0.448. The van der Waals surface area contributed by atoms with Crippen molar-refractivity contribution in [3.05, 3.63) is 64.7 Å². The number of benzene rings is 2. The summed E-state index contributed by atoms with van der Waals surface area (Å²) in [6.07, 6.45) is 0. The molecule has 110 valence electrons. The molecule has 0 unspecified atom stereocenters. The average Bonchev–Trinajstić information content (AvgIpc) is 2.52. The molecule has 0 radical (unpaired) electrons. The van der Waals surface area contributed by atoms with E-state index in [1.165, 1.54) is 0 Å². The molecular weight excluding hydrogens is 290 g/mol. The summed E-state index contributed by atoms with van der Waals surface area (Å²) in [4.78, 5) is 12.0. The highest BCUT2D eigenvalue weighted by Crippen LogP contribution is 2.22. The van der Waals surface area contributed by atoms with Crippen LogP contribution in [0.4, 0.5) is 0 Å². The van der Waals surface area contributed by atoms with E-state index in [0.717, 1.165) is 5.56 Å². The van der Waals surface area contributed by atoms with Crippen LogP contribution in [-0.2, 0) is 16.1 Å². The Morgan fingerprint density at radius 3 is 2.71 bits per heavy atom. The number of esters is 1. The lowest BCUT2D eigenvalue weighted by Gasteiger charge is -2.13. The summed E-state index contributed by atoms with van der Waals surface area (Å²) < 4.78 is 10.3. The molecular formula is C16H16ClNO3. The monoisotopic (exact) mass is 305 g/mol. The van der Waals surface area contributed by atoms with E-state index < -0.39 is 12.0 Å². The molecule has 0 saturated carbocycles. The van der Waals surface area contributed by atoms with Gasteiger partial charge in [0.1, 0.15) is 18.4 Å². The van der Waals surface area contributed by atoms with E-state index in [1.54, 1.807) is 37.4 Å². The molecule has 0 fully saturated rings. The van der Waals surface area contributed by atoms with Gasteiger partial charge in [0.15, 0.2) is 0 Å². The molecule has 0 saturated heterocycles. The molecule has 2 aromatic carbocycles. The largest absolute Gasteiger partial charge is 0.497 e. The first-order valence-corrected chi connectivity index (χ1v) is 6.79. The summed E-state index contributed by atoms with van der Waals surface area (Å²) in [6, 6.07) is 13.3. The molecule has 21 heavy (non-hydrogen) atoms. The van der Waals surface area contributed by atoms with E-state index in [-0.39, 0.29) is 6.61 Å². The van der Waals surface area contributed by atoms with Gasteiger partial charge in [-0.1, -0.05) is 41.9 Å². The Morgan fingerprint density at radius 1 is 1.24 bits per heavy atom. The van der Waals surface area contributed by atoms with Crippen LogP contribution in [0.15, 0.2) is 48.5 Å². The summed E-state index contributed by atoms with van der Waals surface area (Å²) in [7, 11) is 1.58. The average molecular weight is 306 g/mol. The number of nitrogens with two attached hydrogens (primary N) is 1. The fraction of sp³-hybridized carbons (Fsp3) is 0.188. The third kappa shape index (κ3) is 3.97. The van der Waals surface area contributed by atoms with Gasteiger partial charge in [0, 0.05) is 5.02 Å². The van der Waals surface area contributed by atoms with Gasteiger partial charge >= 0.3 is 5.97 Å². The molecule has 5 heteroatoms. The molecule has 0 spiro atoms. The normalized spacial score (nSPS) is 11.8. The lowest BCUT2D eigenvalue weighted by atomic mass is 10.1. The van der Waals surface area contributed by atoms with Crippen LogP contribution in [0.1, 0.15) is 17.2 Å². The van der Waals surface area contributed by atoms with Crippen molar-refractivity contribution >= 4 is 17.6 Å². The second-order valence-corrected chi connectivity index (χ2v) is 4.87. The van der Waals surface area contributed by atoms with E-state index in [4.69, 9.17) is 26.8 Å². The molecule has 0 aromatic heterocycles. The lowest BCUT2D eigenvalue weighted by molar-refractivity contribution is -0.146. The van der Waals surface area contributed by atoms with Crippen LogP contribution in [-0.4, -0.2) is 13.1 Å². The molecule has 0 aliphatic heterocycles. The van der Waals surface area contributed by atoms with E-state index in [1.807, 2.05) is 18.2 Å². The third-order valence-corrected chi connectivity index (χ3v) is 3.35. The van der Waals surface area contributed by atoms with Crippen molar-refractivity contribution in [2.75, 3.05) is 7.11 Å². The molecule has 0 amide bonds. The van der Waals surface area contributed by atoms with Crippen LogP contribution in [0.2, 0.25) is 5.02 Å². The molecule has 4 nitrogen and oxygen atoms in total. The van der Waals surface area contributed by atoms with E-state index in [0.29, 0.717) is 16.3 Å². The number of methoxy groups -OCH3 is 1. The number of hydrogen-bond donors (Lipinski definition) is 1. The van der Waals surface area contributed by atoms with Gasteiger partial charge in [-0.3, -0.25) is 0 Å². The lowest BCUT2D eigenvalue weighted by Crippen LogP contribution is -2.24. The Morgan fingerprint density at radius 2 is 2.00 bits per heavy atom. The molecule has 1 atom stereocenters. The van der Waals surface area contributed by atoms with Gasteiger partial charge in [0.25, 0.3) is 0 Å². The van der Waals surface area contributed by atoms with Crippen LogP contribution in [0.25, 0.3) is 0 Å². The van der Waals surface area contributed by atoms with Gasteiger partial charge in [-0.25, -0.2) is 4.79 Å². The smallest absolute Gasteiger partial charge is 0.327 e. The van der Waals surface area contributed by atoms with Gasteiger partial charge < -0.3 is 15.2 Å². The van der Waals surface area contributed by atoms with E-state index >= 15 is 0 Å². The predicted molar refractivity (Wildman–Crippen MR) is 81.2 cm³/mol. The number of hydrogen-bond acceptors (Lipinski definition) is 4. The number of ether oxygens (including phenoxy) is 2. The van der Waals surface area contributed by atoms with Crippen molar-refractivity contribution < 1.29 is 14.3 Å². The molecule has 0 bridgehead atoms. The highest BCUT2D eigenvalue weighted by molar-refractivity contribution is 6.31. The van der Waals surface area contributed by atoms with Gasteiger partial charge in [-0.15, -0.1) is 0 Å². The highest BCUT2D eigenvalue weighted by atomic mass is 35.5. The molecule has 0 aliphatic carbocycles. The first-order valence-electron chi connectivity index (χ1n) is 6.41. The minimum atomic E-state index is -0.899. The minimum Gasteiger partial charge on any atom is -0.497 e. The van der Waals surface area contributed by atoms with Crippen molar-refractivity contribution in [3.8, 4) is 5.75 Å². The SMILES string of the molecule is COc1cccc(COC(=O)[C@H](N)c2ccccc2Cl)c1. The van der Waals surface area contributed by atoms with Crippen molar-refractivity contribution in [3.63, 3.8) is 0 Å². The first kappa shape index (κ1) is 15.4. The predicted octanol–water partition coefficient (Wildman–Crippen LogP) is 3.09. The van der Waals surface area contributed by atoms with Crippen molar-refractivity contribution in [2.45, 2.75) is 12.6 Å². The van der Waals surface area contributed by atoms with E-state index in [9.17, 15) is 4.79 Å². The number of halogens is 1. The quantitative estimate of drug-likeness (QED) is 0.862. The van der Waals surface area contributed by atoms with Crippen LogP contribution >= 0.6 is 11.6 Å². The van der Waals surface area contributed by atoms with Crippen LogP contribution in [0.5, 0.6) is 5.75 Å². The maximum absolute atomic E-state index is 12.0. The van der Waals surface area contributed by atoms with Crippen molar-refractivity contribution in [2.24, 2.45) is 5.73 Å². The second-order valence-electron chi connectivity index (χ2n) is 4.46. The zero-order valence-electron chi connectivity index (χ0n) is 11.6.